The minimum atomic E-state index is -0.775. The quantitative estimate of drug-likeness (QED) is 0.0392. The van der Waals surface area contributed by atoms with E-state index >= 15 is 0 Å². The van der Waals surface area contributed by atoms with Gasteiger partial charge in [0.25, 0.3) is 0 Å². The van der Waals surface area contributed by atoms with Crippen molar-refractivity contribution in [2.24, 2.45) is 0 Å². The summed E-state index contributed by atoms with van der Waals surface area (Å²) in [6.07, 6.45) is 50.8. The first-order valence-corrected chi connectivity index (χ1v) is 21.5. The molecule has 0 aromatic rings. The molecule has 1 N–H and O–H groups in total. The fourth-order valence-electron chi connectivity index (χ4n) is 6.22. The fraction of sp³-hybridized carbons (Fsp3) is 0.822. The van der Waals surface area contributed by atoms with Crippen molar-refractivity contribution in [3.05, 3.63) is 36.5 Å². The van der Waals surface area contributed by atoms with Crippen molar-refractivity contribution in [3.8, 4) is 0 Å². The Labute approximate surface area is 310 Å². The highest BCUT2D eigenvalue weighted by Crippen LogP contribution is 2.16. The SMILES string of the molecule is CC/C=C/C/C=C/C/C=C/CCCCCCCC(=O)OC[C@H](CO)OC(=O)CCCCCCCCCCCCCCCCCCCCCCC. The van der Waals surface area contributed by atoms with E-state index in [1.54, 1.807) is 0 Å². The van der Waals surface area contributed by atoms with Crippen LogP contribution in [0.1, 0.15) is 219 Å². The predicted molar refractivity (Wildman–Crippen MR) is 214 cm³/mol. The van der Waals surface area contributed by atoms with Crippen LogP contribution in [-0.4, -0.2) is 36.4 Å². The van der Waals surface area contributed by atoms with E-state index in [1.165, 1.54) is 128 Å². The average molecular weight is 703 g/mol. The molecule has 0 aromatic heterocycles. The minimum absolute atomic E-state index is 0.0721. The molecule has 0 unspecified atom stereocenters. The van der Waals surface area contributed by atoms with Crippen LogP contribution >= 0.6 is 0 Å². The molecule has 50 heavy (non-hydrogen) atoms. The van der Waals surface area contributed by atoms with Crippen molar-refractivity contribution in [3.63, 3.8) is 0 Å². The third kappa shape index (κ3) is 38.9. The summed E-state index contributed by atoms with van der Waals surface area (Å²) in [5, 5.41) is 9.57. The Morgan fingerprint density at radius 1 is 0.480 bits per heavy atom. The van der Waals surface area contributed by atoms with Gasteiger partial charge in [0, 0.05) is 12.8 Å². The van der Waals surface area contributed by atoms with Crippen molar-refractivity contribution in [2.75, 3.05) is 13.2 Å². The zero-order chi connectivity index (χ0) is 36.4. The van der Waals surface area contributed by atoms with Crippen LogP contribution in [0.4, 0.5) is 0 Å². The summed E-state index contributed by atoms with van der Waals surface area (Å²) in [6, 6.07) is 0. The summed E-state index contributed by atoms with van der Waals surface area (Å²) >= 11 is 0. The highest BCUT2D eigenvalue weighted by molar-refractivity contribution is 5.70. The zero-order valence-corrected chi connectivity index (χ0v) is 33.2. The molecule has 0 aromatic carbocycles. The Hall–Kier alpha value is -1.88. The van der Waals surface area contributed by atoms with Gasteiger partial charge in [-0.2, -0.15) is 0 Å². The molecule has 0 bridgehead atoms. The minimum Gasteiger partial charge on any atom is -0.462 e. The predicted octanol–water partition coefficient (Wildman–Crippen LogP) is 13.6. The largest absolute Gasteiger partial charge is 0.462 e. The second-order valence-electron chi connectivity index (χ2n) is 14.4. The van der Waals surface area contributed by atoms with E-state index in [1.807, 2.05) is 0 Å². The molecule has 0 saturated carbocycles. The molecule has 0 rings (SSSR count). The molecule has 0 aliphatic rings. The first-order chi connectivity index (χ1) is 24.6. The number of carbonyl (C=O) groups is 2. The highest BCUT2D eigenvalue weighted by Gasteiger charge is 2.16. The number of allylic oxidation sites excluding steroid dienone is 6. The van der Waals surface area contributed by atoms with Crippen LogP contribution in [-0.2, 0) is 19.1 Å². The summed E-state index contributed by atoms with van der Waals surface area (Å²) < 4.78 is 10.6. The summed E-state index contributed by atoms with van der Waals surface area (Å²) in [4.78, 5) is 24.3. The van der Waals surface area contributed by atoms with Gasteiger partial charge in [-0.05, 0) is 44.9 Å². The number of unbranched alkanes of at least 4 members (excludes halogenated alkanes) is 25. The normalized spacial score (nSPS) is 12.5. The van der Waals surface area contributed by atoms with Crippen molar-refractivity contribution < 1.29 is 24.2 Å². The Morgan fingerprint density at radius 3 is 1.30 bits per heavy atom. The molecule has 0 aliphatic heterocycles. The van der Waals surface area contributed by atoms with E-state index in [0.29, 0.717) is 12.8 Å². The maximum atomic E-state index is 12.2. The maximum Gasteiger partial charge on any atom is 0.306 e. The van der Waals surface area contributed by atoms with Crippen molar-refractivity contribution in [1.29, 1.82) is 0 Å². The number of ether oxygens (including phenoxy) is 2. The van der Waals surface area contributed by atoms with Gasteiger partial charge in [0.15, 0.2) is 6.10 Å². The molecule has 0 saturated heterocycles. The molecule has 5 heteroatoms. The van der Waals surface area contributed by atoms with Gasteiger partial charge >= 0.3 is 11.9 Å². The zero-order valence-electron chi connectivity index (χ0n) is 33.2. The van der Waals surface area contributed by atoms with Crippen LogP contribution in [0, 0.1) is 0 Å². The molecule has 0 aliphatic carbocycles. The molecular weight excluding hydrogens is 620 g/mol. The Morgan fingerprint density at radius 2 is 0.860 bits per heavy atom. The molecule has 1 atom stereocenters. The van der Waals surface area contributed by atoms with Crippen LogP contribution in [0.3, 0.4) is 0 Å². The smallest absolute Gasteiger partial charge is 0.306 e. The van der Waals surface area contributed by atoms with E-state index in [-0.39, 0.29) is 25.2 Å². The van der Waals surface area contributed by atoms with Gasteiger partial charge in [0.2, 0.25) is 0 Å². The Kier molecular flexibility index (Phi) is 40.0. The number of esters is 2. The standard InChI is InChI=1S/C45H82O5/c1-3-5-7-9-11-13-15-17-19-20-21-22-23-24-26-28-30-32-34-36-38-40-45(48)50-43(41-46)42-49-44(47)39-37-35-33-31-29-27-25-18-16-14-12-10-8-6-4-2/h6,8,12,14,18,25,43,46H,3-5,7,9-11,13,15-17,19-24,26-42H2,1-2H3/b8-6+,14-12+,25-18+/t43-/m0/s1. The number of hydrogen-bond donors (Lipinski definition) is 1. The lowest BCUT2D eigenvalue weighted by Crippen LogP contribution is -2.28. The van der Waals surface area contributed by atoms with E-state index in [0.717, 1.165) is 64.2 Å². The van der Waals surface area contributed by atoms with Gasteiger partial charge < -0.3 is 14.6 Å². The molecule has 0 radical (unpaired) electrons. The number of carbonyl (C=O) groups excluding carboxylic acids is 2. The number of hydrogen-bond acceptors (Lipinski definition) is 5. The lowest BCUT2D eigenvalue weighted by molar-refractivity contribution is -0.161. The molecule has 0 heterocycles. The number of rotatable bonds is 39. The summed E-state index contributed by atoms with van der Waals surface area (Å²) in [6.45, 7) is 4.03. The summed E-state index contributed by atoms with van der Waals surface area (Å²) in [5.74, 6) is -0.603. The molecule has 5 nitrogen and oxygen atoms in total. The third-order valence-electron chi connectivity index (χ3n) is 9.45. The van der Waals surface area contributed by atoms with E-state index in [9.17, 15) is 14.7 Å². The molecule has 0 amide bonds. The second-order valence-corrected chi connectivity index (χ2v) is 14.4. The van der Waals surface area contributed by atoms with E-state index in [2.05, 4.69) is 50.3 Å². The van der Waals surface area contributed by atoms with Crippen molar-refractivity contribution in [2.45, 2.75) is 225 Å². The Balaban J connectivity index is 3.51. The van der Waals surface area contributed by atoms with Gasteiger partial charge in [-0.25, -0.2) is 0 Å². The summed E-state index contributed by atoms with van der Waals surface area (Å²) in [7, 11) is 0. The summed E-state index contributed by atoms with van der Waals surface area (Å²) in [5.41, 5.74) is 0. The van der Waals surface area contributed by atoms with E-state index in [4.69, 9.17) is 9.47 Å². The van der Waals surface area contributed by atoms with Crippen molar-refractivity contribution in [1.82, 2.24) is 0 Å². The number of aliphatic hydroxyl groups is 1. The lowest BCUT2D eigenvalue weighted by Gasteiger charge is -2.15. The Bertz CT molecular complexity index is 801. The fourth-order valence-corrected chi connectivity index (χ4v) is 6.22. The first-order valence-electron chi connectivity index (χ1n) is 21.5. The van der Waals surface area contributed by atoms with E-state index < -0.39 is 6.10 Å². The van der Waals surface area contributed by atoms with Gasteiger partial charge in [0.05, 0.1) is 6.61 Å². The maximum absolute atomic E-state index is 12.2. The van der Waals surface area contributed by atoms with Crippen LogP contribution < -0.4 is 0 Å². The van der Waals surface area contributed by atoms with Gasteiger partial charge in [-0.15, -0.1) is 0 Å². The molecule has 292 valence electrons. The average Bonchev–Trinajstić information content (AvgIpc) is 3.12. The van der Waals surface area contributed by atoms with Crippen LogP contribution in [0.2, 0.25) is 0 Å². The number of aliphatic hydroxyl groups excluding tert-OH is 1. The van der Waals surface area contributed by atoms with Crippen LogP contribution in [0.25, 0.3) is 0 Å². The lowest BCUT2D eigenvalue weighted by atomic mass is 10.0. The molecule has 0 fully saturated rings. The first kappa shape index (κ1) is 48.1. The third-order valence-corrected chi connectivity index (χ3v) is 9.45. The molecule has 0 spiro atoms. The van der Waals surface area contributed by atoms with Crippen molar-refractivity contribution >= 4 is 11.9 Å². The van der Waals surface area contributed by atoms with Gasteiger partial charge in [-0.3, -0.25) is 9.59 Å². The van der Waals surface area contributed by atoms with Gasteiger partial charge in [0.1, 0.15) is 6.61 Å². The van der Waals surface area contributed by atoms with Gasteiger partial charge in [-0.1, -0.05) is 198 Å². The second kappa shape index (κ2) is 41.5. The highest BCUT2D eigenvalue weighted by atomic mass is 16.6. The molecular formula is C45H82O5. The monoisotopic (exact) mass is 703 g/mol. The van der Waals surface area contributed by atoms with Crippen LogP contribution in [0.15, 0.2) is 36.5 Å². The topological polar surface area (TPSA) is 72.8 Å². The van der Waals surface area contributed by atoms with Crippen LogP contribution in [0.5, 0.6) is 0 Å².